The fourth-order valence-corrected chi connectivity index (χ4v) is 4.85. The van der Waals surface area contributed by atoms with E-state index in [1.165, 1.54) is 40.9 Å². The smallest absolute Gasteiger partial charge is 0.327 e. The first kappa shape index (κ1) is 17.6. The van der Waals surface area contributed by atoms with Crippen molar-refractivity contribution in [2.45, 2.75) is 42.1 Å². The number of carbonyl (C=O) groups is 3. The van der Waals surface area contributed by atoms with E-state index in [1.807, 2.05) is 0 Å². The standard InChI is InChI=1S/C16H19N3O5S/c1-16(2)11(15(23)24)19-13(22)10(14(19)25-16)18-12(21)9(17)7-3-5-8(20)6-4-7/h3-6,9-11,14,20H,17H2,1-2H3,(H,18,21)(H,23,24)/t9-,10?,11+,14-/m1/s1. The van der Waals surface area contributed by atoms with Crippen molar-refractivity contribution in [1.29, 1.82) is 0 Å². The summed E-state index contributed by atoms with van der Waals surface area (Å²) in [5.41, 5.74) is 6.41. The molecular weight excluding hydrogens is 346 g/mol. The normalized spacial score (nSPS) is 28.0. The maximum absolute atomic E-state index is 12.3. The Bertz CT molecular complexity index is 736. The molecule has 3 rings (SSSR count). The van der Waals surface area contributed by atoms with E-state index in [4.69, 9.17) is 5.73 Å². The van der Waals surface area contributed by atoms with E-state index < -0.39 is 46.0 Å². The minimum absolute atomic E-state index is 0.0606. The Morgan fingerprint density at radius 1 is 1.32 bits per heavy atom. The zero-order valence-electron chi connectivity index (χ0n) is 13.7. The number of carbonyl (C=O) groups excluding carboxylic acids is 2. The fraction of sp³-hybridized carbons (Fsp3) is 0.438. The Labute approximate surface area is 148 Å². The number of carboxylic acid groups (broad SMARTS) is 1. The lowest BCUT2D eigenvalue weighted by atomic mass is 9.95. The number of nitrogens with one attached hydrogen (secondary N) is 1. The number of aromatic hydroxyl groups is 1. The number of nitrogens with two attached hydrogens (primary N) is 1. The molecule has 0 spiro atoms. The molecule has 25 heavy (non-hydrogen) atoms. The first-order valence-electron chi connectivity index (χ1n) is 7.71. The van der Waals surface area contributed by atoms with Crippen LogP contribution in [0, 0.1) is 0 Å². The Balaban J connectivity index is 1.70. The van der Waals surface area contributed by atoms with Crippen molar-refractivity contribution in [3.63, 3.8) is 0 Å². The van der Waals surface area contributed by atoms with E-state index in [1.54, 1.807) is 13.8 Å². The predicted octanol–water partition coefficient (Wildman–Crippen LogP) is 0.0237. The minimum Gasteiger partial charge on any atom is -0.508 e. The van der Waals surface area contributed by atoms with Crippen molar-refractivity contribution in [3.8, 4) is 5.75 Å². The molecule has 0 aliphatic carbocycles. The van der Waals surface area contributed by atoms with Crippen LogP contribution in [0.15, 0.2) is 24.3 Å². The van der Waals surface area contributed by atoms with Gasteiger partial charge >= 0.3 is 5.97 Å². The number of rotatable bonds is 4. The number of aliphatic carboxylic acids is 1. The van der Waals surface area contributed by atoms with Gasteiger partial charge in [0, 0.05) is 4.75 Å². The van der Waals surface area contributed by atoms with Crippen LogP contribution >= 0.6 is 11.8 Å². The third-order valence-electron chi connectivity index (χ3n) is 4.51. The highest BCUT2D eigenvalue weighted by atomic mass is 32.2. The molecule has 2 amide bonds. The number of hydrogen-bond acceptors (Lipinski definition) is 6. The number of amides is 2. The molecule has 2 heterocycles. The number of nitrogens with zero attached hydrogens (tertiary/aromatic N) is 1. The van der Waals surface area contributed by atoms with Gasteiger partial charge in [-0.05, 0) is 31.5 Å². The molecular formula is C16H19N3O5S. The Hall–Kier alpha value is -2.26. The zero-order valence-corrected chi connectivity index (χ0v) is 14.5. The maximum atomic E-state index is 12.3. The van der Waals surface area contributed by atoms with Crippen LogP contribution < -0.4 is 11.1 Å². The van der Waals surface area contributed by atoms with Crippen LogP contribution in [-0.2, 0) is 14.4 Å². The molecule has 9 heteroatoms. The second kappa shape index (κ2) is 5.92. The molecule has 2 aliphatic rings. The van der Waals surface area contributed by atoms with Gasteiger partial charge in [-0.15, -0.1) is 11.8 Å². The molecule has 2 saturated heterocycles. The summed E-state index contributed by atoms with van der Waals surface area (Å²) in [5, 5.41) is 20.9. The molecule has 8 nitrogen and oxygen atoms in total. The monoisotopic (exact) mass is 365 g/mol. The van der Waals surface area contributed by atoms with Gasteiger partial charge in [-0.3, -0.25) is 9.59 Å². The highest BCUT2D eigenvalue weighted by Gasteiger charge is 2.64. The van der Waals surface area contributed by atoms with Crippen LogP contribution in [-0.4, -0.2) is 55.1 Å². The SMILES string of the molecule is CC1(C)S[C@@H]2C(NC(=O)[C@H](N)c3ccc(O)cc3)C(=O)N2[C@H]1C(=O)O. The summed E-state index contributed by atoms with van der Waals surface area (Å²) in [6.45, 7) is 3.53. The number of phenols is 1. The molecule has 5 N–H and O–H groups in total. The third kappa shape index (κ3) is 2.83. The van der Waals surface area contributed by atoms with Crippen molar-refractivity contribution in [1.82, 2.24) is 10.2 Å². The minimum atomic E-state index is -1.06. The second-order valence-electron chi connectivity index (χ2n) is 6.65. The number of fused-ring (bicyclic) bond motifs is 1. The van der Waals surface area contributed by atoms with Crippen molar-refractivity contribution in [3.05, 3.63) is 29.8 Å². The number of β-lactam (4-membered cyclic amide) rings is 1. The summed E-state index contributed by atoms with van der Waals surface area (Å²) in [6, 6.07) is 3.21. The molecule has 134 valence electrons. The topological polar surface area (TPSA) is 133 Å². The molecule has 2 aliphatic heterocycles. The molecule has 0 saturated carbocycles. The van der Waals surface area contributed by atoms with Crippen molar-refractivity contribution in [2.24, 2.45) is 5.73 Å². The van der Waals surface area contributed by atoms with Gasteiger partial charge in [-0.2, -0.15) is 0 Å². The maximum Gasteiger partial charge on any atom is 0.327 e. The van der Waals surface area contributed by atoms with E-state index in [2.05, 4.69) is 5.32 Å². The van der Waals surface area contributed by atoms with Crippen LogP contribution in [0.3, 0.4) is 0 Å². The molecule has 0 bridgehead atoms. The van der Waals surface area contributed by atoms with Crippen molar-refractivity contribution < 1.29 is 24.6 Å². The van der Waals surface area contributed by atoms with Gasteiger partial charge in [0.05, 0.1) is 0 Å². The molecule has 0 aromatic heterocycles. The lowest BCUT2D eigenvalue weighted by molar-refractivity contribution is -0.161. The number of phenolic OH excluding ortho intramolecular Hbond substituents is 1. The Kier molecular flexibility index (Phi) is 4.16. The summed E-state index contributed by atoms with van der Waals surface area (Å²) in [4.78, 5) is 37.5. The van der Waals surface area contributed by atoms with Gasteiger partial charge in [-0.1, -0.05) is 12.1 Å². The molecule has 0 radical (unpaired) electrons. The van der Waals surface area contributed by atoms with Gasteiger partial charge in [0.2, 0.25) is 11.8 Å². The lowest BCUT2D eigenvalue weighted by Crippen LogP contribution is -2.71. The summed E-state index contributed by atoms with van der Waals surface area (Å²) in [7, 11) is 0. The Morgan fingerprint density at radius 3 is 2.48 bits per heavy atom. The largest absolute Gasteiger partial charge is 0.508 e. The van der Waals surface area contributed by atoms with Crippen molar-refractivity contribution in [2.75, 3.05) is 0 Å². The summed E-state index contributed by atoms with van der Waals surface area (Å²) >= 11 is 1.35. The van der Waals surface area contributed by atoms with Gasteiger partial charge in [0.25, 0.3) is 0 Å². The van der Waals surface area contributed by atoms with Crippen molar-refractivity contribution >= 4 is 29.5 Å². The first-order chi connectivity index (χ1) is 11.6. The van der Waals surface area contributed by atoms with E-state index in [0.29, 0.717) is 5.56 Å². The summed E-state index contributed by atoms with van der Waals surface area (Å²) in [5.74, 6) is -1.94. The highest BCUT2D eigenvalue weighted by Crippen LogP contribution is 2.50. The lowest BCUT2D eigenvalue weighted by Gasteiger charge is -2.43. The fourth-order valence-electron chi connectivity index (χ4n) is 3.22. The molecule has 1 aromatic rings. The van der Waals surface area contributed by atoms with E-state index in [9.17, 15) is 24.6 Å². The van der Waals surface area contributed by atoms with Gasteiger partial charge < -0.3 is 26.2 Å². The van der Waals surface area contributed by atoms with E-state index in [-0.39, 0.29) is 5.75 Å². The van der Waals surface area contributed by atoms with Gasteiger partial charge in [0.1, 0.15) is 29.2 Å². The van der Waals surface area contributed by atoms with E-state index >= 15 is 0 Å². The average molecular weight is 365 g/mol. The van der Waals surface area contributed by atoms with Gasteiger partial charge in [0.15, 0.2) is 0 Å². The molecule has 1 unspecified atom stereocenters. The quantitative estimate of drug-likeness (QED) is 0.553. The molecule has 1 aromatic carbocycles. The zero-order chi connectivity index (χ0) is 18.5. The average Bonchev–Trinajstić information content (AvgIpc) is 2.80. The van der Waals surface area contributed by atoms with Crippen LogP contribution in [0.4, 0.5) is 0 Å². The highest BCUT2D eigenvalue weighted by molar-refractivity contribution is 8.01. The molecule has 2 fully saturated rings. The Morgan fingerprint density at radius 2 is 1.92 bits per heavy atom. The summed E-state index contributed by atoms with van der Waals surface area (Å²) < 4.78 is -0.648. The van der Waals surface area contributed by atoms with Crippen LogP contribution in [0.5, 0.6) is 5.75 Å². The first-order valence-corrected chi connectivity index (χ1v) is 8.59. The third-order valence-corrected chi connectivity index (χ3v) is 6.08. The van der Waals surface area contributed by atoms with Gasteiger partial charge in [-0.25, -0.2) is 4.79 Å². The number of hydrogen-bond donors (Lipinski definition) is 4. The number of carboxylic acids is 1. The van der Waals surface area contributed by atoms with Crippen LogP contribution in [0.1, 0.15) is 25.5 Å². The predicted molar refractivity (Wildman–Crippen MR) is 90.7 cm³/mol. The van der Waals surface area contributed by atoms with Crippen LogP contribution in [0.2, 0.25) is 0 Å². The second-order valence-corrected chi connectivity index (χ2v) is 8.42. The molecule has 4 atom stereocenters. The number of benzene rings is 1. The number of thioether (sulfide) groups is 1. The van der Waals surface area contributed by atoms with Crippen LogP contribution in [0.25, 0.3) is 0 Å². The van der Waals surface area contributed by atoms with E-state index in [0.717, 1.165) is 0 Å². The summed E-state index contributed by atoms with van der Waals surface area (Å²) in [6.07, 6.45) is 0.